The van der Waals surface area contributed by atoms with Crippen molar-refractivity contribution < 1.29 is 9.26 Å². The van der Waals surface area contributed by atoms with Crippen LogP contribution in [-0.2, 0) is 37.2 Å². The molecule has 0 saturated heterocycles. The van der Waals surface area contributed by atoms with Crippen LogP contribution in [0.3, 0.4) is 0 Å². The number of ether oxygens (including phenoxy) is 1. The van der Waals surface area contributed by atoms with Gasteiger partial charge < -0.3 is 19.9 Å². The van der Waals surface area contributed by atoms with E-state index in [1.807, 2.05) is 23.7 Å². The van der Waals surface area contributed by atoms with Crippen molar-refractivity contribution in [1.29, 1.82) is 0 Å². The summed E-state index contributed by atoms with van der Waals surface area (Å²) in [4.78, 5) is 13.3. The van der Waals surface area contributed by atoms with Crippen molar-refractivity contribution in [2.24, 2.45) is 4.99 Å². The van der Waals surface area contributed by atoms with Gasteiger partial charge in [-0.1, -0.05) is 24.2 Å². The summed E-state index contributed by atoms with van der Waals surface area (Å²) < 4.78 is 12.4. The molecule has 0 radical (unpaired) electrons. The van der Waals surface area contributed by atoms with Crippen LogP contribution in [0, 0.1) is 0 Å². The Morgan fingerprint density at radius 3 is 2.81 bits per heavy atom. The summed E-state index contributed by atoms with van der Waals surface area (Å²) in [5, 5.41) is 15.4. The second kappa shape index (κ2) is 10.4. The Kier molecular flexibility index (Phi) is 7.10. The Hall–Kier alpha value is -3.27. The maximum absolute atomic E-state index is 5.30. The summed E-state index contributed by atoms with van der Waals surface area (Å²) in [5.74, 6) is 3.84. The first-order valence-corrected chi connectivity index (χ1v) is 11.0. The van der Waals surface area contributed by atoms with E-state index in [0.29, 0.717) is 12.5 Å². The molecule has 32 heavy (non-hydrogen) atoms. The van der Waals surface area contributed by atoms with Crippen molar-refractivity contribution in [2.45, 2.75) is 51.8 Å². The molecule has 3 aromatic rings. The molecule has 0 saturated carbocycles. The van der Waals surface area contributed by atoms with Gasteiger partial charge in [0.05, 0.1) is 6.54 Å². The number of nitrogens with one attached hydrogen (secondary N) is 2. The van der Waals surface area contributed by atoms with Crippen LogP contribution in [0.15, 0.2) is 33.8 Å². The number of rotatable bonds is 8. The van der Waals surface area contributed by atoms with E-state index in [2.05, 4.69) is 48.0 Å². The second-order valence-corrected chi connectivity index (χ2v) is 7.75. The minimum Gasteiger partial charge on any atom is -0.377 e. The molecule has 170 valence electrons. The third kappa shape index (κ3) is 5.31. The van der Waals surface area contributed by atoms with Gasteiger partial charge in [-0.3, -0.25) is 4.99 Å². The number of hydrogen-bond donors (Lipinski definition) is 2. The lowest BCUT2D eigenvalue weighted by atomic mass is 10.1. The Labute approximate surface area is 187 Å². The van der Waals surface area contributed by atoms with Crippen molar-refractivity contribution in [3.8, 4) is 11.5 Å². The van der Waals surface area contributed by atoms with E-state index in [1.165, 1.54) is 5.56 Å². The average Bonchev–Trinajstić information content (AvgIpc) is 3.45. The van der Waals surface area contributed by atoms with E-state index in [0.717, 1.165) is 67.8 Å². The minimum absolute atomic E-state index is 0.257. The molecule has 0 bridgehead atoms. The van der Waals surface area contributed by atoms with Gasteiger partial charge in [0, 0.05) is 45.1 Å². The number of aromatic nitrogens is 5. The smallest absolute Gasteiger partial charge is 0.257 e. The second-order valence-electron chi connectivity index (χ2n) is 7.75. The molecule has 4 rings (SSSR count). The predicted octanol–water partition coefficient (Wildman–Crippen LogP) is 1.76. The quantitative estimate of drug-likeness (QED) is 0.404. The van der Waals surface area contributed by atoms with Gasteiger partial charge in [0.25, 0.3) is 5.89 Å². The molecule has 1 aliphatic rings. The lowest BCUT2D eigenvalue weighted by Gasteiger charge is -2.25. The summed E-state index contributed by atoms with van der Waals surface area (Å²) in [6.07, 6.45) is 3.52. The van der Waals surface area contributed by atoms with Gasteiger partial charge >= 0.3 is 0 Å². The van der Waals surface area contributed by atoms with Crippen LogP contribution in [0.1, 0.15) is 36.4 Å². The normalized spacial score (nSPS) is 16.1. The average molecular weight is 439 g/mol. The van der Waals surface area contributed by atoms with Gasteiger partial charge in [-0.2, -0.15) is 10.1 Å². The van der Waals surface area contributed by atoms with E-state index in [1.54, 1.807) is 14.2 Å². The monoisotopic (exact) mass is 438 g/mol. The number of methoxy groups -OCH3 is 1. The largest absolute Gasteiger partial charge is 0.377 e. The van der Waals surface area contributed by atoms with E-state index >= 15 is 0 Å². The minimum atomic E-state index is 0.257. The van der Waals surface area contributed by atoms with Crippen LogP contribution in [0.5, 0.6) is 0 Å². The summed E-state index contributed by atoms with van der Waals surface area (Å²) >= 11 is 0. The maximum Gasteiger partial charge on any atom is 0.257 e. The number of aliphatic imine (C=N–C) groups is 1. The Morgan fingerprint density at radius 1 is 1.25 bits per heavy atom. The molecule has 1 unspecified atom stereocenters. The van der Waals surface area contributed by atoms with Crippen molar-refractivity contribution in [3.63, 3.8) is 0 Å². The summed E-state index contributed by atoms with van der Waals surface area (Å²) in [7, 11) is 3.45. The third-order valence-electron chi connectivity index (χ3n) is 5.43. The van der Waals surface area contributed by atoms with Crippen molar-refractivity contribution >= 4 is 5.96 Å². The molecule has 1 aromatic carbocycles. The highest BCUT2D eigenvalue weighted by Gasteiger charge is 2.22. The zero-order valence-corrected chi connectivity index (χ0v) is 18.8. The maximum atomic E-state index is 5.30. The number of aryl methyl sites for hydroxylation is 2. The molecule has 1 aliphatic heterocycles. The van der Waals surface area contributed by atoms with Crippen molar-refractivity contribution in [3.05, 3.63) is 47.3 Å². The van der Waals surface area contributed by atoms with E-state index in [-0.39, 0.29) is 6.04 Å². The molecular formula is C22H30N8O2. The first-order valence-electron chi connectivity index (χ1n) is 11.0. The highest BCUT2D eigenvalue weighted by atomic mass is 16.5. The van der Waals surface area contributed by atoms with E-state index in [9.17, 15) is 0 Å². The van der Waals surface area contributed by atoms with Gasteiger partial charge in [-0.15, -0.1) is 0 Å². The summed E-state index contributed by atoms with van der Waals surface area (Å²) in [6.45, 7) is 3.99. The Morgan fingerprint density at radius 2 is 2.09 bits per heavy atom. The molecule has 0 fully saturated rings. The highest BCUT2D eigenvalue weighted by molar-refractivity contribution is 5.80. The zero-order chi connectivity index (χ0) is 22.3. The highest BCUT2D eigenvalue weighted by Crippen LogP contribution is 2.18. The molecule has 1 atom stereocenters. The molecule has 0 amide bonds. The first-order chi connectivity index (χ1) is 15.7. The fourth-order valence-corrected chi connectivity index (χ4v) is 3.71. The van der Waals surface area contributed by atoms with Crippen LogP contribution in [-0.4, -0.2) is 57.6 Å². The number of fused-ring (bicyclic) bond motifs is 1. The fraction of sp³-hybridized carbons (Fsp3) is 0.500. The molecule has 10 heteroatoms. The molecule has 10 nitrogen and oxygen atoms in total. The SMILES string of the molecule is CCc1noc(-c2ccc(CCNC(=NC)NC3CCc4nc(COC)nn4C3)cc2)n1. The molecule has 2 N–H and O–H groups in total. The standard InChI is InChI=1S/C22H30N8O2/c1-4-18-27-21(32-29-18)16-7-5-15(6-8-16)11-12-24-22(23-2)25-17-9-10-20-26-19(14-31-3)28-30(20)13-17/h5-8,17H,4,9-14H2,1-3H3,(H2,23,24,25). The topological polar surface area (TPSA) is 115 Å². The van der Waals surface area contributed by atoms with Crippen LogP contribution in [0.4, 0.5) is 0 Å². The van der Waals surface area contributed by atoms with Crippen LogP contribution >= 0.6 is 0 Å². The van der Waals surface area contributed by atoms with Gasteiger partial charge in [0.1, 0.15) is 12.4 Å². The Balaban J connectivity index is 1.25. The summed E-state index contributed by atoms with van der Waals surface area (Å²) in [6, 6.07) is 8.48. The van der Waals surface area contributed by atoms with Gasteiger partial charge in [-0.05, 0) is 30.5 Å². The molecule has 3 heterocycles. The molecule has 0 spiro atoms. The van der Waals surface area contributed by atoms with Crippen LogP contribution < -0.4 is 10.6 Å². The van der Waals surface area contributed by atoms with E-state index < -0.39 is 0 Å². The number of benzene rings is 1. The number of guanidine groups is 1. The zero-order valence-electron chi connectivity index (χ0n) is 18.8. The number of hydrogen-bond acceptors (Lipinski definition) is 7. The van der Waals surface area contributed by atoms with Crippen molar-refractivity contribution in [1.82, 2.24) is 35.5 Å². The summed E-state index contributed by atoms with van der Waals surface area (Å²) in [5.41, 5.74) is 2.16. The van der Waals surface area contributed by atoms with Crippen LogP contribution in [0.2, 0.25) is 0 Å². The van der Waals surface area contributed by atoms with Gasteiger partial charge in [0.2, 0.25) is 0 Å². The lowest BCUT2D eigenvalue weighted by Crippen LogP contribution is -2.47. The van der Waals surface area contributed by atoms with Crippen LogP contribution in [0.25, 0.3) is 11.5 Å². The predicted molar refractivity (Wildman–Crippen MR) is 120 cm³/mol. The molecule has 0 aliphatic carbocycles. The lowest BCUT2D eigenvalue weighted by molar-refractivity contribution is 0.177. The number of nitrogens with zero attached hydrogens (tertiary/aromatic N) is 6. The molecule has 2 aromatic heterocycles. The molecular weight excluding hydrogens is 408 g/mol. The Bertz CT molecular complexity index is 1040. The first kappa shape index (κ1) is 21.9. The fourth-order valence-electron chi connectivity index (χ4n) is 3.71. The van der Waals surface area contributed by atoms with Crippen molar-refractivity contribution in [2.75, 3.05) is 20.7 Å². The van der Waals surface area contributed by atoms with Gasteiger partial charge in [-0.25, -0.2) is 9.67 Å². The third-order valence-corrected chi connectivity index (χ3v) is 5.43. The van der Waals surface area contributed by atoms with E-state index in [4.69, 9.17) is 9.26 Å². The van der Waals surface area contributed by atoms with Gasteiger partial charge in [0.15, 0.2) is 17.6 Å².